The molecule has 132 valence electrons. The number of nitrogens with one attached hydrogen (secondary N) is 2. The van der Waals surface area contributed by atoms with Crippen molar-refractivity contribution in [2.45, 2.75) is 53.1 Å². The lowest BCUT2D eigenvalue weighted by Crippen LogP contribution is -2.40. The second-order valence-electron chi connectivity index (χ2n) is 7.17. The van der Waals surface area contributed by atoms with Crippen molar-refractivity contribution < 1.29 is 14.3 Å². The van der Waals surface area contributed by atoms with Crippen molar-refractivity contribution in [1.82, 2.24) is 5.32 Å². The molecule has 1 saturated carbocycles. The standard InChI is InChI=1S/C19H28N2O3/c1-13(2)9-12-20-17(22)19(10-11-19)18(23)21-15-5-7-16(8-6-15)24-14(3)4/h5-8,13-14H,9-12H2,1-4H3,(H,20,22)(H,21,23). The van der Waals surface area contributed by atoms with Gasteiger partial charge in [0.2, 0.25) is 11.8 Å². The zero-order valence-corrected chi connectivity index (χ0v) is 15.0. The first-order valence-corrected chi connectivity index (χ1v) is 8.70. The maximum Gasteiger partial charge on any atom is 0.240 e. The van der Waals surface area contributed by atoms with Gasteiger partial charge in [-0.05, 0) is 63.3 Å². The van der Waals surface area contributed by atoms with E-state index in [-0.39, 0.29) is 17.9 Å². The van der Waals surface area contributed by atoms with Crippen molar-refractivity contribution in [1.29, 1.82) is 0 Å². The fraction of sp³-hybridized carbons (Fsp3) is 0.579. The molecule has 0 atom stereocenters. The van der Waals surface area contributed by atoms with Crippen molar-refractivity contribution in [2.24, 2.45) is 11.3 Å². The number of hydrogen-bond donors (Lipinski definition) is 2. The average Bonchev–Trinajstić information content (AvgIpc) is 3.30. The van der Waals surface area contributed by atoms with E-state index in [9.17, 15) is 9.59 Å². The first-order chi connectivity index (χ1) is 11.3. The molecule has 1 aromatic rings. The van der Waals surface area contributed by atoms with Gasteiger partial charge in [0.25, 0.3) is 0 Å². The molecule has 0 radical (unpaired) electrons. The van der Waals surface area contributed by atoms with Gasteiger partial charge in [0, 0.05) is 12.2 Å². The van der Waals surface area contributed by atoms with Crippen LogP contribution in [0.4, 0.5) is 5.69 Å². The number of benzene rings is 1. The van der Waals surface area contributed by atoms with E-state index < -0.39 is 5.41 Å². The third-order valence-electron chi connectivity index (χ3n) is 4.11. The monoisotopic (exact) mass is 332 g/mol. The second-order valence-corrected chi connectivity index (χ2v) is 7.17. The first kappa shape index (κ1) is 18.3. The minimum absolute atomic E-state index is 0.106. The van der Waals surface area contributed by atoms with Gasteiger partial charge in [-0.2, -0.15) is 0 Å². The summed E-state index contributed by atoms with van der Waals surface area (Å²) in [5, 5.41) is 5.74. The number of hydrogen-bond acceptors (Lipinski definition) is 3. The van der Waals surface area contributed by atoms with E-state index in [1.807, 2.05) is 26.0 Å². The van der Waals surface area contributed by atoms with Gasteiger partial charge in [0.1, 0.15) is 11.2 Å². The zero-order chi connectivity index (χ0) is 17.7. The van der Waals surface area contributed by atoms with E-state index in [1.165, 1.54) is 0 Å². The number of amides is 2. The Morgan fingerprint density at radius 3 is 2.21 bits per heavy atom. The molecule has 0 unspecified atom stereocenters. The van der Waals surface area contributed by atoms with E-state index in [1.54, 1.807) is 12.1 Å². The lowest BCUT2D eigenvalue weighted by molar-refractivity contribution is -0.134. The fourth-order valence-electron chi connectivity index (χ4n) is 2.47. The highest BCUT2D eigenvalue weighted by atomic mass is 16.5. The SMILES string of the molecule is CC(C)CCNC(=O)C1(C(=O)Nc2ccc(OC(C)C)cc2)CC1. The van der Waals surface area contributed by atoms with Crippen molar-refractivity contribution in [3.05, 3.63) is 24.3 Å². The minimum Gasteiger partial charge on any atom is -0.491 e. The molecule has 0 heterocycles. The van der Waals surface area contributed by atoms with Gasteiger partial charge in [-0.15, -0.1) is 0 Å². The predicted octanol–water partition coefficient (Wildman–Crippen LogP) is 3.35. The van der Waals surface area contributed by atoms with Crippen molar-refractivity contribution in [3.63, 3.8) is 0 Å². The van der Waals surface area contributed by atoms with Crippen molar-refractivity contribution in [3.8, 4) is 5.75 Å². The summed E-state index contributed by atoms with van der Waals surface area (Å²) in [4.78, 5) is 24.8. The minimum atomic E-state index is -0.885. The Labute approximate surface area is 144 Å². The molecule has 24 heavy (non-hydrogen) atoms. The van der Waals surface area contributed by atoms with E-state index >= 15 is 0 Å². The second kappa shape index (κ2) is 7.69. The van der Waals surface area contributed by atoms with Gasteiger partial charge >= 0.3 is 0 Å². The summed E-state index contributed by atoms with van der Waals surface area (Å²) in [6.07, 6.45) is 2.25. The molecule has 2 rings (SSSR count). The van der Waals surface area contributed by atoms with Crippen LogP contribution in [-0.2, 0) is 9.59 Å². The summed E-state index contributed by atoms with van der Waals surface area (Å²) in [6, 6.07) is 7.22. The van der Waals surface area contributed by atoms with Crippen LogP contribution in [-0.4, -0.2) is 24.5 Å². The Kier molecular flexibility index (Phi) is 5.86. The van der Waals surface area contributed by atoms with Crippen LogP contribution < -0.4 is 15.4 Å². The number of ether oxygens (including phenoxy) is 1. The Balaban J connectivity index is 1.90. The largest absolute Gasteiger partial charge is 0.491 e. The molecular formula is C19H28N2O3. The van der Waals surface area contributed by atoms with Gasteiger partial charge in [0.05, 0.1) is 6.10 Å². The normalized spacial score (nSPS) is 15.2. The highest BCUT2D eigenvalue weighted by molar-refractivity contribution is 6.13. The van der Waals surface area contributed by atoms with Crippen LogP contribution in [0.15, 0.2) is 24.3 Å². The molecule has 0 spiro atoms. The number of carbonyl (C=O) groups is 2. The summed E-state index contributed by atoms with van der Waals surface area (Å²) in [5.41, 5.74) is -0.207. The number of anilines is 1. The van der Waals surface area contributed by atoms with Gasteiger partial charge in [-0.1, -0.05) is 13.8 Å². The lowest BCUT2D eigenvalue weighted by Gasteiger charge is -2.16. The summed E-state index contributed by atoms with van der Waals surface area (Å²) < 4.78 is 5.58. The van der Waals surface area contributed by atoms with Crippen LogP contribution in [0.3, 0.4) is 0 Å². The number of carbonyl (C=O) groups excluding carboxylic acids is 2. The molecule has 0 saturated heterocycles. The molecule has 5 heteroatoms. The maximum absolute atomic E-state index is 12.5. The summed E-state index contributed by atoms with van der Waals surface area (Å²) in [5.74, 6) is 0.916. The van der Waals surface area contributed by atoms with Crippen LogP contribution in [0.5, 0.6) is 5.75 Å². The molecule has 2 amide bonds. The molecule has 1 aliphatic carbocycles. The summed E-state index contributed by atoms with van der Waals surface area (Å²) in [6.45, 7) is 8.76. The molecule has 0 bridgehead atoms. The molecule has 1 aromatic carbocycles. The maximum atomic E-state index is 12.5. The van der Waals surface area contributed by atoms with Crippen LogP contribution in [0, 0.1) is 11.3 Å². The van der Waals surface area contributed by atoms with Crippen molar-refractivity contribution >= 4 is 17.5 Å². The molecule has 1 fully saturated rings. The quantitative estimate of drug-likeness (QED) is 0.717. The summed E-state index contributed by atoms with van der Waals surface area (Å²) in [7, 11) is 0. The van der Waals surface area contributed by atoms with Crippen LogP contribution in [0.25, 0.3) is 0 Å². The fourth-order valence-corrected chi connectivity index (χ4v) is 2.47. The molecule has 0 aromatic heterocycles. The van der Waals surface area contributed by atoms with Gasteiger partial charge in [-0.25, -0.2) is 0 Å². The van der Waals surface area contributed by atoms with Gasteiger partial charge in [0.15, 0.2) is 0 Å². The molecule has 1 aliphatic rings. The smallest absolute Gasteiger partial charge is 0.240 e. The molecule has 2 N–H and O–H groups in total. The Morgan fingerprint density at radius 1 is 1.08 bits per heavy atom. The van der Waals surface area contributed by atoms with Crippen LogP contribution >= 0.6 is 0 Å². The third kappa shape index (κ3) is 4.73. The molecule has 0 aliphatic heterocycles. The Morgan fingerprint density at radius 2 is 1.71 bits per heavy atom. The van der Waals surface area contributed by atoms with Crippen molar-refractivity contribution in [2.75, 3.05) is 11.9 Å². The van der Waals surface area contributed by atoms with Gasteiger partial charge in [-0.3, -0.25) is 9.59 Å². The highest BCUT2D eigenvalue weighted by Gasteiger charge is 2.56. The first-order valence-electron chi connectivity index (χ1n) is 8.70. The Hall–Kier alpha value is -2.04. The zero-order valence-electron chi connectivity index (χ0n) is 15.0. The Bertz CT molecular complexity index is 575. The van der Waals surface area contributed by atoms with E-state index in [4.69, 9.17) is 4.74 Å². The van der Waals surface area contributed by atoms with E-state index in [0.29, 0.717) is 31.0 Å². The van der Waals surface area contributed by atoms with Gasteiger partial charge < -0.3 is 15.4 Å². The van der Waals surface area contributed by atoms with Crippen LogP contribution in [0.2, 0.25) is 0 Å². The summed E-state index contributed by atoms with van der Waals surface area (Å²) >= 11 is 0. The predicted molar refractivity (Wildman–Crippen MR) is 95.0 cm³/mol. The number of rotatable bonds is 8. The molecule has 5 nitrogen and oxygen atoms in total. The topological polar surface area (TPSA) is 67.4 Å². The lowest BCUT2D eigenvalue weighted by atomic mass is 10.0. The van der Waals surface area contributed by atoms with E-state index in [2.05, 4.69) is 24.5 Å². The highest BCUT2D eigenvalue weighted by Crippen LogP contribution is 2.46. The molecular weight excluding hydrogens is 304 g/mol. The van der Waals surface area contributed by atoms with Crippen LogP contribution in [0.1, 0.15) is 47.0 Å². The third-order valence-corrected chi connectivity index (χ3v) is 4.11. The average molecular weight is 332 g/mol. The van der Waals surface area contributed by atoms with E-state index in [0.717, 1.165) is 12.2 Å².